The Hall–Kier alpha value is -13.2. The number of aromatic nitrogens is 5. The highest BCUT2D eigenvalue weighted by molar-refractivity contribution is 6.17. The van der Waals surface area contributed by atoms with E-state index in [4.69, 9.17) is 9.97 Å². The number of benzene rings is 14. The van der Waals surface area contributed by atoms with Gasteiger partial charge in [0.05, 0.1) is 44.5 Å². The molecule has 5 heterocycles. The maximum atomic E-state index is 6.61. The van der Waals surface area contributed by atoms with Crippen molar-refractivity contribution in [3.63, 3.8) is 0 Å². The van der Waals surface area contributed by atoms with E-state index in [9.17, 15) is 0 Å². The van der Waals surface area contributed by atoms with Crippen molar-refractivity contribution in [2.24, 2.45) is 0 Å². The Morgan fingerprint density at radius 2 is 0.450 bits per heavy atom. The molecule has 19 rings (SSSR count). The van der Waals surface area contributed by atoms with Crippen LogP contribution in [-0.2, 0) is 0 Å². The van der Waals surface area contributed by atoms with E-state index in [-0.39, 0.29) is 0 Å². The quantitative estimate of drug-likeness (QED) is 0.122. The summed E-state index contributed by atoms with van der Waals surface area (Å²) < 4.78 is 7.51. The molecule has 0 aliphatic rings. The van der Waals surface area contributed by atoms with Gasteiger partial charge in [-0.1, -0.05) is 279 Å². The van der Waals surface area contributed by atoms with Crippen molar-refractivity contribution < 1.29 is 0 Å². The minimum absolute atomic E-state index is 0.768. The predicted octanol–water partition coefficient (Wildman–Crippen LogP) is 25.1. The lowest BCUT2D eigenvalue weighted by Gasteiger charge is -2.26. The molecule has 5 nitrogen and oxygen atoms in total. The van der Waals surface area contributed by atoms with Crippen LogP contribution in [0.2, 0.25) is 0 Å². The van der Waals surface area contributed by atoms with Gasteiger partial charge in [-0.2, -0.15) is 0 Å². The molecule has 14 aromatic carbocycles. The fourth-order valence-electron chi connectivity index (χ4n) is 15.4. The standard InChI is InChI=1S/C95H63N5/c1-62-24-23-39-84(96-62)69-40-42-71(43-41-69)91-92(70-37-21-8-22-38-70)94(99-87-52-46-74(65-29-13-4-14-30-65)58-80(87)81-59-75(47-53-88(81)99)66-31-15-5-16-32-66)97-95(100-89-54-48-76(67-33-17-6-18-34-67)60-82(89)83-61-77(49-55-90(83)100)68-35-19-7-20-36-68)93(91)98-85-50-44-72(63-25-9-2-10-26-63)56-78(85)79-57-73(45-51-86(79)98)64-27-11-3-12-28-64/h2-61H,1H3. The van der Waals surface area contributed by atoms with Crippen LogP contribution in [0.4, 0.5) is 0 Å². The lowest BCUT2D eigenvalue weighted by atomic mass is 9.92. The zero-order valence-electron chi connectivity index (χ0n) is 54.9. The second-order valence-electron chi connectivity index (χ2n) is 26.1. The van der Waals surface area contributed by atoms with E-state index < -0.39 is 0 Å². The summed E-state index contributed by atoms with van der Waals surface area (Å²) in [4.78, 5) is 11.7. The van der Waals surface area contributed by atoms with Gasteiger partial charge in [0.25, 0.3) is 0 Å². The van der Waals surface area contributed by atoms with Gasteiger partial charge in [-0.25, -0.2) is 4.98 Å². The van der Waals surface area contributed by atoms with Crippen molar-refractivity contribution in [1.82, 2.24) is 23.7 Å². The third-order valence-corrected chi connectivity index (χ3v) is 20.1. The minimum atomic E-state index is 0.768. The molecule has 0 aliphatic carbocycles. The van der Waals surface area contributed by atoms with Crippen molar-refractivity contribution in [3.05, 3.63) is 370 Å². The molecule has 468 valence electrons. The van der Waals surface area contributed by atoms with Crippen molar-refractivity contribution in [3.8, 4) is 118 Å². The Bertz CT molecular complexity index is 6050. The second-order valence-corrected chi connectivity index (χ2v) is 26.1. The SMILES string of the molecule is Cc1cccc(-c2ccc(-c3c(-c4ccccc4)c(-n4c5ccc(-c6ccccc6)cc5c5cc(-c6ccccc6)ccc54)nc(-n4c5ccc(-c6ccccc6)cc5c5cc(-c6ccccc6)ccc54)c3-n3c4ccc(-c5ccccc5)cc4c4cc(-c5ccccc5)ccc43)cc2)n1. The largest absolute Gasteiger partial charge is 0.305 e. The summed E-state index contributed by atoms with van der Waals surface area (Å²) in [5, 5.41) is 6.75. The Kier molecular flexibility index (Phi) is 14.0. The molecule has 100 heavy (non-hydrogen) atoms. The number of nitrogens with zero attached hydrogens (tertiary/aromatic N) is 5. The summed E-state index contributed by atoms with van der Waals surface area (Å²) >= 11 is 0. The lowest BCUT2D eigenvalue weighted by molar-refractivity contribution is 0.987. The number of fused-ring (bicyclic) bond motifs is 9. The van der Waals surface area contributed by atoms with E-state index in [2.05, 4.69) is 385 Å². The fraction of sp³-hybridized carbons (Fsp3) is 0.0105. The molecular weight excluding hydrogens is 1210 g/mol. The number of hydrogen-bond donors (Lipinski definition) is 0. The monoisotopic (exact) mass is 1270 g/mol. The average Bonchev–Trinajstić information content (AvgIpc) is 1.49. The molecule has 19 aromatic rings. The zero-order chi connectivity index (χ0) is 66.2. The van der Waals surface area contributed by atoms with Crippen LogP contribution in [0.3, 0.4) is 0 Å². The molecule has 0 N–H and O–H groups in total. The molecule has 0 saturated carbocycles. The Morgan fingerprint density at radius 3 is 0.760 bits per heavy atom. The Labute approximate surface area is 579 Å². The van der Waals surface area contributed by atoms with Gasteiger partial charge in [0, 0.05) is 54.7 Å². The number of rotatable bonds is 12. The van der Waals surface area contributed by atoms with Gasteiger partial charge in [0.1, 0.15) is 5.82 Å². The van der Waals surface area contributed by atoms with Crippen LogP contribution in [0.25, 0.3) is 183 Å². The first-order valence-corrected chi connectivity index (χ1v) is 34.3. The van der Waals surface area contributed by atoms with Gasteiger partial charge in [-0.3, -0.25) is 14.1 Å². The molecule has 0 amide bonds. The van der Waals surface area contributed by atoms with Crippen LogP contribution >= 0.6 is 0 Å². The maximum absolute atomic E-state index is 6.61. The van der Waals surface area contributed by atoms with Crippen LogP contribution in [-0.4, -0.2) is 23.7 Å². The fourth-order valence-corrected chi connectivity index (χ4v) is 15.4. The molecule has 5 aromatic heterocycles. The smallest absolute Gasteiger partial charge is 0.165 e. The normalized spacial score (nSPS) is 11.7. The van der Waals surface area contributed by atoms with Crippen LogP contribution < -0.4 is 0 Å². The van der Waals surface area contributed by atoms with Crippen molar-refractivity contribution >= 4 is 65.4 Å². The molecule has 0 spiro atoms. The zero-order valence-corrected chi connectivity index (χ0v) is 54.9. The molecule has 0 atom stereocenters. The summed E-state index contributed by atoms with van der Waals surface area (Å²) in [7, 11) is 0. The van der Waals surface area contributed by atoms with Crippen LogP contribution in [0.1, 0.15) is 5.69 Å². The Balaban J connectivity index is 1.03. The van der Waals surface area contributed by atoms with Gasteiger partial charge in [-0.05, 0) is 170 Å². The topological polar surface area (TPSA) is 40.6 Å². The predicted molar refractivity (Wildman–Crippen MR) is 419 cm³/mol. The summed E-state index contributed by atoms with van der Waals surface area (Å²) in [5.41, 5.74) is 27.8. The van der Waals surface area contributed by atoms with Crippen molar-refractivity contribution in [2.45, 2.75) is 6.92 Å². The average molecular weight is 1270 g/mol. The first-order chi connectivity index (χ1) is 49.5. The number of pyridine rings is 2. The van der Waals surface area contributed by atoms with Crippen molar-refractivity contribution in [1.29, 1.82) is 0 Å². The highest BCUT2D eigenvalue weighted by atomic mass is 15.2. The van der Waals surface area contributed by atoms with E-state index in [1.165, 1.54) is 0 Å². The first-order valence-electron chi connectivity index (χ1n) is 34.3. The highest BCUT2D eigenvalue weighted by Gasteiger charge is 2.32. The van der Waals surface area contributed by atoms with E-state index in [1.807, 2.05) is 0 Å². The minimum Gasteiger partial charge on any atom is -0.305 e. The van der Waals surface area contributed by atoms with Gasteiger partial charge in [0.15, 0.2) is 5.82 Å². The molecular formula is C95H63N5. The third-order valence-electron chi connectivity index (χ3n) is 20.1. The lowest BCUT2D eigenvalue weighted by Crippen LogP contribution is -2.13. The van der Waals surface area contributed by atoms with Crippen LogP contribution in [0.15, 0.2) is 364 Å². The van der Waals surface area contributed by atoms with E-state index in [0.717, 1.165) is 189 Å². The van der Waals surface area contributed by atoms with Gasteiger partial charge in [-0.15, -0.1) is 0 Å². The molecule has 0 bridgehead atoms. The van der Waals surface area contributed by atoms with E-state index in [0.29, 0.717) is 0 Å². The summed E-state index contributed by atoms with van der Waals surface area (Å²) in [6.45, 7) is 2.06. The third kappa shape index (κ3) is 9.93. The summed E-state index contributed by atoms with van der Waals surface area (Å²) in [5.74, 6) is 1.56. The first kappa shape index (κ1) is 58.2. The van der Waals surface area contributed by atoms with E-state index >= 15 is 0 Å². The molecule has 0 saturated heterocycles. The van der Waals surface area contributed by atoms with Crippen LogP contribution in [0.5, 0.6) is 0 Å². The highest BCUT2D eigenvalue weighted by Crippen LogP contribution is 2.51. The number of aryl methyl sites for hydroxylation is 1. The van der Waals surface area contributed by atoms with Gasteiger partial charge < -0.3 is 4.57 Å². The van der Waals surface area contributed by atoms with Crippen molar-refractivity contribution in [2.75, 3.05) is 0 Å². The maximum Gasteiger partial charge on any atom is 0.165 e. The second kappa shape index (κ2) is 24.2. The molecule has 0 radical (unpaired) electrons. The summed E-state index contributed by atoms with van der Waals surface area (Å²) in [6.07, 6.45) is 0. The van der Waals surface area contributed by atoms with E-state index in [1.54, 1.807) is 0 Å². The Morgan fingerprint density at radius 1 is 0.190 bits per heavy atom. The van der Waals surface area contributed by atoms with Gasteiger partial charge in [0.2, 0.25) is 0 Å². The molecule has 0 unspecified atom stereocenters. The molecule has 0 aliphatic heterocycles. The van der Waals surface area contributed by atoms with Gasteiger partial charge >= 0.3 is 0 Å². The molecule has 0 fully saturated rings. The van der Waals surface area contributed by atoms with Crippen LogP contribution in [0, 0.1) is 6.92 Å². The summed E-state index contributed by atoms with van der Waals surface area (Å²) in [6, 6.07) is 133. The number of hydrogen-bond acceptors (Lipinski definition) is 2. The molecule has 5 heteroatoms.